The summed E-state index contributed by atoms with van der Waals surface area (Å²) < 4.78 is 5.77. The molecule has 0 bridgehead atoms. The van der Waals surface area contributed by atoms with Crippen molar-refractivity contribution in [3.8, 4) is 0 Å². The molecule has 0 aliphatic rings. The lowest BCUT2D eigenvalue weighted by atomic mass is 15.8. The Balaban J connectivity index is 0. The standard InChI is InChI=1S/H14OSi6.H14Si6/c2-6(3)1-7(4)5;1-5(2)6(3)4/h6-7H,2-5H3;5-6H,1-4H3. The van der Waals surface area contributed by atoms with Gasteiger partial charge in [-0.2, -0.15) is 0 Å². The zero-order valence-electron chi connectivity index (χ0n) is 10.7. The summed E-state index contributed by atoms with van der Waals surface area (Å²) in [7, 11) is 12.4. The van der Waals surface area contributed by atoms with Crippen LogP contribution in [0.4, 0.5) is 0 Å². The molecular weight excluding hydrogens is 353 g/mol. The molecule has 0 aliphatic heterocycles. The average molecular weight is 381 g/mol. The molecule has 0 N–H and O–H groups in total. The fourth-order valence-electron chi connectivity index (χ4n) is 0.544. The van der Waals surface area contributed by atoms with Crippen LogP contribution in [0, 0.1) is 0 Å². The first kappa shape index (κ1) is 17.9. The summed E-state index contributed by atoms with van der Waals surface area (Å²) in [6.45, 7) is 0. The first-order valence-corrected chi connectivity index (χ1v) is 46.0. The predicted molar refractivity (Wildman–Crippen MR) is 109 cm³/mol. The molecular formula is H28OSi12. The van der Waals surface area contributed by atoms with E-state index in [4.69, 9.17) is 4.12 Å². The van der Waals surface area contributed by atoms with Crippen molar-refractivity contribution in [3.63, 3.8) is 0 Å². The van der Waals surface area contributed by atoms with Gasteiger partial charge in [-0.05, 0) is 53.7 Å². The molecule has 0 saturated heterocycles. The van der Waals surface area contributed by atoms with Crippen molar-refractivity contribution in [3.05, 3.63) is 0 Å². The van der Waals surface area contributed by atoms with Gasteiger partial charge in [0.25, 0.3) is 0 Å². The average Bonchev–Trinajstić information content (AvgIpc) is 1.84. The molecule has 0 radical (unpaired) electrons. The van der Waals surface area contributed by atoms with E-state index in [9.17, 15) is 0 Å². The Morgan fingerprint density at radius 2 is 0.769 bits per heavy atom. The maximum Gasteiger partial charge on any atom is 0.117 e. The van der Waals surface area contributed by atoms with Crippen LogP contribution >= 0.6 is 0 Å². The molecule has 0 atom stereocenters. The van der Waals surface area contributed by atoms with Crippen LogP contribution in [0.2, 0.25) is 0 Å². The molecule has 0 aromatic carbocycles. The summed E-state index contributed by atoms with van der Waals surface area (Å²) in [5, 5.41) is 0. The van der Waals surface area contributed by atoms with Crippen LogP contribution in [0.5, 0.6) is 0 Å². The Labute approximate surface area is 112 Å². The third-order valence-corrected chi connectivity index (χ3v) is 123. The van der Waals surface area contributed by atoms with E-state index >= 15 is 0 Å². The van der Waals surface area contributed by atoms with Crippen molar-refractivity contribution in [2.45, 2.75) is 0 Å². The summed E-state index contributed by atoms with van der Waals surface area (Å²) >= 11 is 0. The van der Waals surface area contributed by atoms with Gasteiger partial charge in [-0.3, -0.25) is 0 Å². The quantitative estimate of drug-likeness (QED) is 0.442. The maximum atomic E-state index is 5.77. The first-order valence-electron chi connectivity index (χ1n) is 5.42. The van der Waals surface area contributed by atoms with Gasteiger partial charge in [0.2, 0.25) is 0 Å². The van der Waals surface area contributed by atoms with Gasteiger partial charge in [-0.15, -0.1) is 0 Å². The molecule has 0 fully saturated rings. The molecule has 82 valence electrons. The Hall–Kier alpha value is 2.56. The van der Waals surface area contributed by atoms with E-state index in [1.165, 1.54) is 39.0 Å². The van der Waals surface area contributed by atoms with Gasteiger partial charge in [0, 0.05) is 39.0 Å². The Bertz CT molecular complexity index is 81.3. The van der Waals surface area contributed by atoms with Crippen molar-refractivity contribution < 1.29 is 4.12 Å². The minimum Gasteiger partial charge on any atom is -0.473 e. The number of rotatable bonds is 3. The van der Waals surface area contributed by atoms with Crippen LogP contribution < -0.4 is 0 Å². The van der Waals surface area contributed by atoms with Crippen molar-refractivity contribution >= 4 is 109 Å². The monoisotopic (exact) mass is 380 g/mol. The summed E-state index contributed by atoms with van der Waals surface area (Å²) in [4.78, 5) is 0. The van der Waals surface area contributed by atoms with E-state index in [1.54, 1.807) is 39.0 Å². The Kier molecular flexibility index (Phi) is 15.3. The molecule has 1 nitrogen and oxygen atoms in total. The highest BCUT2D eigenvalue weighted by Crippen LogP contribution is 1.71. The molecule has 0 aromatic heterocycles. The predicted octanol–water partition coefficient (Wildman–Crippen LogP) is -12.1. The highest BCUT2D eigenvalue weighted by atomic mass is 30.1. The third kappa shape index (κ3) is 20.6. The van der Waals surface area contributed by atoms with Gasteiger partial charge in [-0.1, -0.05) is 0 Å². The number of hydrogen-bond acceptors (Lipinski definition) is 1. The largest absolute Gasteiger partial charge is 0.473 e. The van der Waals surface area contributed by atoms with Crippen LogP contribution in [0.25, 0.3) is 0 Å². The topological polar surface area (TPSA) is 9.23 Å². The SMILES string of the molecule is [SiH3][SiH]([SiH3])O[SiH]([SiH3])[SiH3].[SiH3][SiH]([SiH3])[SiH]([SiH3])[SiH3]. The molecule has 0 aliphatic carbocycles. The zero-order chi connectivity index (χ0) is 11.0. The van der Waals surface area contributed by atoms with E-state index < -0.39 is 0 Å². The fraction of sp³-hybridized carbons (Fsp3) is 0. The molecule has 0 rings (SSSR count). The summed E-state index contributed by atoms with van der Waals surface area (Å²) in [5.74, 6) is 0. The Morgan fingerprint density at radius 1 is 0.538 bits per heavy atom. The van der Waals surface area contributed by atoms with Crippen LogP contribution in [0.3, 0.4) is 0 Å². The minimum absolute atomic E-state index is 0.296. The van der Waals surface area contributed by atoms with Gasteiger partial charge in [0.1, 0.15) is 16.2 Å². The summed E-state index contributed by atoms with van der Waals surface area (Å²) in [6, 6.07) is 0. The molecule has 0 amide bonds. The number of hydrogen-bond donors (Lipinski definition) is 0. The maximum absolute atomic E-state index is 5.77. The molecule has 0 aromatic rings. The Morgan fingerprint density at radius 3 is 0.769 bits per heavy atom. The lowest BCUT2D eigenvalue weighted by molar-refractivity contribution is 0.660. The van der Waals surface area contributed by atoms with Gasteiger partial charge in [0.15, 0.2) is 0 Å². The smallest absolute Gasteiger partial charge is 0.117 e. The second kappa shape index (κ2) is 11.1. The van der Waals surface area contributed by atoms with E-state index in [0.29, 0.717) is 14.7 Å². The summed E-state index contributed by atoms with van der Waals surface area (Å²) in [5.41, 5.74) is 0. The van der Waals surface area contributed by atoms with Crippen LogP contribution in [-0.4, -0.2) is 109 Å². The minimum atomic E-state index is -0.319. The molecule has 0 heterocycles. The van der Waals surface area contributed by atoms with Crippen LogP contribution in [0.1, 0.15) is 0 Å². The van der Waals surface area contributed by atoms with Gasteiger partial charge in [-0.25, -0.2) is 0 Å². The van der Waals surface area contributed by atoms with Crippen molar-refractivity contribution in [2.24, 2.45) is 0 Å². The van der Waals surface area contributed by atoms with Crippen molar-refractivity contribution in [1.82, 2.24) is 0 Å². The van der Waals surface area contributed by atoms with E-state index in [0.717, 1.165) is 0 Å². The van der Waals surface area contributed by atoms with E-state index in [1.807, 2.05) is 0 Å². The van der Waals surface area contributed by atoms with Gasteiger partial charge < -0.3 is 4.12 Å². The fourth-order valence-corrected chi connectivity index (χ4v) is 44.1. The van der Waals surface area contributed by atoms with Crippen molar-refractivity contribution in [1.29, 1.82) is 0 Å². The molecule has 0 spiro atoms. The second-order valence-corrected chi connectivity index (χ2v) is 108. The highest BCUT2D eigenvalue weighted by Gasteiger charge is 1.99. The lowest BCUT2D eigenvalue weighted by Crippen LogP contribution is -2.38. The van der Waals surface area contributed by atoms with Gasteiger partial charge >= 0.3 is 0 Å². The van der Waals surface area contributed by atoms with E-state index in [-0.39, 0.29) is 16.2 Å². The lowest BCUT2D eigenvalue weighted by Gasteiger charge is -2.08. The van der Waals surface area contributed by atoms with E-state index in [2.05, 4.69) is 0 Å². The van der Waals surface area contributed by atoms with Crippen LogP contribution in [0.15, 0.2) is 0 Å². The normalized spacial score (nSPS) is 21.2. The second-order valence-electron chi connectivity index (χ2n) is 4.72. The zero-order valence-corrected chi connectivity index (χ0v) is 31.3. The van der Waals surface area contributed by atoms with Crippen LogP contribution in [-0.2, 0) is 4.12 Å². The molecule has 13 heavy (non-hydrogen) atoms. The third-order valence-electron chi connectivity index (χ3n) is 1.88. The molecule has 0 saturated carbocycles. The molecule has 13 heteroatoms. The van der Waals surface area contributed by atoms with Crippen molar-refractivity contribution in [2.75, 3.05) is 0 Å². The molecule has 0 unspecified atom stereocenters. The summed E-state index contributed by atoms with van der Waals surface area (Å²) in [6.07, 6.45) is 0. The first-order chi connectivity index (χ1) is 5.77. The van der Waals surface area contributed by atoms with Gasteiger partial charge in [0.05, 0.1) is 0 Å². The highest BCUT2D eigenvalue weighted by molar-refractivity contribution is 7.76.